The molecule has 0 atom stereocenters. The van der Waals surface area contributed by atoms with Gasteiger partial charge in [0.15, 0.2) is 5.78 Å². The number of hydrogen-bond acceptors (Lipinski definition) is 4. The van der Waals surface area contributed by atoms with Gasteiger partial charge in [0.05, 0.1) is 0 Å². The van der Waals surface area contributed by atoms with E-state index in [0.717, 1.165) is 11.1 Å². The highest BCUT2D eigenvalue weighted by Gasteiger charge is 2.14. The predicted octanol–water partition coefficient (Wildman–Crippen LogP) is 3.93. The molecule has 0 amide bonds. The number of pyridine rings is 2. The number of ketones is 1. The van der Waals surface area contributed by atoms with E-state index in [2.05, 4.69) is 20.3 Å². The predicted molar refractivity (Wildman–Crippen MR) is 93.5 cm³/mol. The van der Waals surface area contributed by atoms with E-state index >= 15 is 0 Å². The van der Waals surface area contributed by atoms with Gasteiger partial charge in [-0.3, -0.25) is 4.79 Å². The standard InChI is InChI=1S/C19H14N4O/c24-18(16-12-22-19-15(16)7-4-10-20-19)13-8-9-17(21-11-13)23-14-5-2-1-3-6-14/h1-12H,(H,20,22)(H,21,23). The van der Waals surface area contributed by atoms with Crippen LogP contribution < -0.4 is 5.32 Å². The van der Waals surface area contributed by atoms with Gasteiger partial charge in [0.1, 0.15) is 11.5 Å². The monoisotopic (exact) mass is 314 g/mol. The zero-order chi connectivity index (χ0) is 16.4. The van der Waals surface area contributed by atoms with Crippen LogP contribution in [-0.4, -0.2) is 20.7 Å². The normalized spacial score (nSPS) is 10.7. The Balaban J connectivity index is 1.59. The van der Waals surface area contributed by atoms with Gasteiger partial charge in [0.25, 0.3) is 0 Å². The number of para-hydroxylation sites is 1. The van der Waals surface area contributed by atoms with Crippen molar-refractivity contribution < 1.29 is 4.79 Å². The molecule has 0 saturated heterocycles. The van der Waals surface area contributed by atoms with Gasteiger partial charge in [0, 0.05) is 40.8 Å². The number of aromatic nitrogens is 3. The lowest BCUT2D eigenvalue weighted by atomic mass is 10.1. The van der Waals surface area contributed by atoms with Crippen LogP contribution in [0.1, 0.15) is 15.9 Å². The van der Waals surface area contributed by atoms with Gasteiger partial charge in [-0.1, -0.05) is 18.2 Å². The highest BCUT2D eigenvalue weighted by molar-refractivity contribution is 6.15. The van der Waals surface area contributed by atoms with Crippen LogP contribution in [0, 0.1) is 0 Å². The summed E-state index contributed by atoms with van der Waals surface area (Å²) in [6.07, 6.45) is 4.97. The van der Waals surface area contributed by atoms with Crippen LogP contribution in [0.15, 0.2) is 73.2 Å². The zero-order valence-corrected chi connectivity index (χ0v) is 12.7. The highest BCUT2D eigenvalue weighted by Crippen LogP contribution is 2.20. The Kier molecular flexibility index (Phi) is 3.51. The van der Waals surface area contributed by atoms with E-state index in [1.165, 1.54) is 0 Å². The first-order chi connectivity index (χ1) is 11.8. The van der Waals surface area contributed by atoms with Crippen LogP contribution in [0.25, 0.3) is 11.0 Å². The fourth-order valence-electron chi connectivity index (χ4n) is 2.57. The summed E-state index contributed by atoms with van der Waals surface area (Å²) < 4.78 is 0. The lowest BCUT2D eigenvalue weighted by Gasteiger charge is -2.06. The first-order valence-electron chi connectivity index (χ1n) is 7.56. The Bertz CT molecular complexity index is 991. The number of H-pyrrole nitrogens is 1. The zero-order valence-electron chi connectivity index (χ0n) is 12.7. The minimum absolute atomic E-state index is 0.0759. The Morgan fingerprint density at radius 2 is 1.83 bits per heavy atom. The van der Waals surface area contributed by atoms with Gasteiger partial charge in [0.2, 0.25) is 0 Å². The molecule has 2 N–H and O–H groups in total. The van der Waals surface area contributed by atoms with E-state index in [1.54, 1.807) is 30.7 Å². The molecule has 0 radical (unpaired) electrons. The number of carbonyl (C=O) groups excluding carboxylic acids is 1. The van der Waals surface area contributed by atoms with Crippen molar-refractivity contribution in [3.8, 4) is 0 Å². The first kappa shape index (κ1) is 14.1. The number of carbonyl (C=O) groups is 1. The third kappa shape index (κ3) is 2.63. The number of hydrogen-bond donors (Lipinski definition) is 2. The summed E-state index contributed by atoms with van der Waals surface area (Å²) in [5, 5.41) is 4.01. The molecule has 0 aliphatic rings. The molecule has 5 nitrogen and oxygen atoms in total. The number of anilines is 2. The topological polar surface area (TPSA) is 70.7 Å². The average Bonchev–Trinajstić information content (AvgIpc) is 3.07. The van der Waals surface area contributed by atoms with Gasteiger partial charge in [-0.2, -0.15) is 0 Å². The number of fused-ring (bicyclic) bond motifs is 1. The molecule has 0 fully saturated rings. The first-order valence-corrected chi connectivity index (χ1v) is 7.56. The number of rotatable bonds is 4. The second-order valence-corrected chi connectivity index (χ2v) is 5.35. The quantitative estimate of drug-likeness (QED) is 0.560. The molecular formula is C19H14N4O. The number of aromatic amines is 1. The maximum Gasteiger partial charge on any atom is 0.196 e. The minimum atomic E-state index is -0.0759. The van der Waals surface area contributed by atoms with E-state index in [4.69, 9.17) is 0 Å². The van der Waals surface area contributed by atoms with Gasteiger partial charge in [-0.25, -0.2) is 9.97 Å². The molecule has 0 unspecified atom stereocenters. The molecule has 4 rings (SSSR count). The van der Waals surface area contributed by atoms with Gasteiger partial charge < -0.3 is 10.3 Å². The van der Waals surface area contributed by atoms with Gasteiger partial charge in [-0.05, 0) is 36.4 Å². The Hall–Kier alpha value is -3.47. The fourth-order valence-corrected chi connectivity index (χ4v) is 2.57. The summed E-state index contributed by atoms with van der Waals surface area (Å²) in [5.41, 5.74) is 2.80. The third-order valence-corrected chi connectivity index (χ3v) is 3.77. The Morgan fingerprint density at radius 1 is 0.958 bits per heavy atom. The maximum absolute atomic E-state index is 12.7. The second-order valence-electron chi connectivity index (χ2n) is 5.35. The molecule has 5 heteroatoms. The van der Waals surface area contributed by atoms with Crippen LogP contribution in [-0.2, 0) is 0 Å². The minimum Gasteiger partial charge on any atom is -0.345 e. The Labute approximate surface area is 138 Å². The van der Waals surface area contributed by atoms with Crippen molar-refractivity contribution >= 4 is 28.3 Å². The third-order valence-electron chi connectivity index (χ3n) is 3.77. The molecule has 0 bridgehead atoms. The second kappa shape index (κ2) is 5.96. The summed E-state index contributed by atoms with van der Waals surface area (Å²) in [6.45, 7) is 0. The highest BCUT2D eigenvalue weighted by atomic mass is 16.1. The lowest BCUT2D eigenvalue weighted by molar-refractivity contribution is 0.104. The number of benzene rings is 1. The van der Waals surface area contributed by atoms with Gasteiger partial charge >= 0.3 is 0 Å². The van der Waals surface area contributed by atoms with Crippen molar-refractivity contribution in [2.24, 2.45) is 0 Å². The summed E-state index contributed by atoms with van der Waals surface area (Å²) in [4.78, 5) is 24.2. The summed E-state index contributed by atoms with van der Waals surface area (Å²) in [5.74, 6) is 0.617. The van der Waals surface area contributed by atoms with E-state index in [-0.39, 0.29) is 5.78 Å². The smallest absolute Gasteiger partial charge is 0.196 e. The molecule has 4 aromatic rings. The molecule has 24 heavy (non-hydrogen) atoms. The van der Waals surface area contributed by atoms with E-state index in [1.807, 2.05) is 42.5 Å². The molecule has 1 aromatic carbocycles. The fraction of sp³-hybridized carbons (Fsp3) is 0. The molecule has 0 aliphatic heterocycles. The van der Waals surface area contributed by atoms with Crippen LogP contribution in [0.4, 0.5) is 11.5 Å². The summed E-state index contributed by atoms with van der Waals surface area (Å²) in [6, 6.07) is 17.0. The van der Waals surface area contributed by atoms with Crippen molar-refractivity contribution in [2.75, 3.05) is 5.32 Å². The van der Waals surface area contributed by atoms with Crippen LogP contribution in [0.5, 0.6) is 0 Å². The molecule has 0 spiro atoms. The van der Waals surface area contributed by atoms with Crippen molar-refractivity contribution in [2.45, 2.75) is 0 Å². The van der Waals surface area contributed by atoms with Crippen molar-refractivity contribution in [3.05, 3.63) is 84.3 Å². The summed E-state index contributed by atoms with van der Waals surface area (Å²) >= 11 is 0. The molecule has 3 heterocycles. The van der Waals surface area contributed by atoms with Crippen molar-refractivity contribution in [1.82, 2.24) is 15.0 Å². The van der Waals surface area contributed by atoms with Crippen molar-refractivity contribution in [3.63, 3.8) is 0 Å². The van der Waals surface area contributed by atoms with E-state index in [0.29, 0.717) is 22.6 Å². The number of nitrogens with zero attached hydrogens (tertiary/aromatic N) is 2. The maximum atomic E-state index is 12.7. The van der Waals surface area contributed by atoms with E-state index in [9.17, 15) is 4.79 Å². The molecular weight excluding hydrogens is 300 g/mol. The summed E-state index contributed by atoms with van der Waals surface area (Å²) in [7, 11) is 0. The molecule has 3 aromatic heterocycles. The largest absolute Gasteiger partial charge is 0.345 e. The average molecular weight is 314 g/mol. The van der Waals surface area contributed by atoms with Crippen LogP contribution >= 0.6 is 0 Å². The van der Waals surface area contributed by atoms with Gasteiger partial charge in [-0.15, -0.1) is 0 Å². The van der Waals surface area contributed by atoms with E-state index < -0.39 is 0 Å². The van der Waals surface area contributed by atoms with Crippen molar-refractivity contribution in [1.29, 1.82) is 0 Å². The Morgan fingerprint density at radius 3 is 2.62 bits per heavy atom. The lowest BCUT2D eigenvalue weighted by Crippen LogP contribution is -2.02. The molecule has 116 valence electrons. The SMILES string of the molecule is O=C(c1ccc(Nc2ccccc2)nc1)c1c[nH]c2ncccc12. The van der Waals surface area contributed by atoms with Crippen LogP contribution in [0.2, 0.25) is 0 Å². The molecule has 0 saturated carbocycles. The number of nitrogens with one attached hydrogen (secondary N) is 2. The van der Waals surface area contributed by atoms with Crippen LogP contribution in [0.3, 0.4) is 0 Å². The molecule has 0 aliphatic carbocycles.